The summed E-state index contributed by atoms with van der Waals surface area (Å²) in [6.45, 7) is 2.83. The fraction of sp³-hybridized carbons (Fsp3) is 0.400. The van der Waals surface area contributed by atoms with Crippen molar-refractivity contribution in [1.82, 2.24) is 14.1 Å². The summed E-state index contributed by atoms with van der Waals surface area (Å²) < 4.78 is 39.4. The Kier molecular flexibility index (Phi) is 6.09. The number of nitrogens with zero attached hydrogens (tertiary/aromatic N) is 3. The molecule has 0 saturated heterocycles. The lowest BCUT2D eigenvalue weighted by atomic mass is 10.3. The van der Waals surface area contributed by atoms with Crippen molar-refractivity contribution in [1.29, 1.82) is 0 Å². The Morgan fingerprint density at radius 2 is 1.96 bits per heavy atom. The van der Waals surface area contributed by atoms with E-state index in [1.165, 1.54) is 30.7 Å². The summed E-state index contributed by atoms with van der Waals surface area (Å²) in [5.74, 6) is 0.456. The van der Waals surface area contributed by atoms with Gasteiger partial charge in [-0.15, -0.1) is 0 Å². The Morgan fingerprint density at radius 1 is 1.25 bits per heavy atom. The van der Waals surface area contributed by atoms with Crippen LogP contribution in [-0.4, -0.2) is 49.8 Å². The van der Waals surface area contributed by atoms with Gasteiger partial charge in [0.1, 0.15) is 16.4 Å². The molecule has 1 aromatic heterocycles. The first-order chi connectivity index (χ1) is 11.4. The zero-order chi connectivity index (χ0) is 17.7. The third kappa shape index (κ3) is 3.82. The van der Waals surface area contributed by atoms with E-state index in [0.29, 0.717) is 13.1 Å². The topological polar surface area (TPSA) is 73.7 Å². The highest BCUT2D eigenvalue weighted by molar-refractivity contribution is 7.89. The summed E-state index contributed by atoms with van der Waals surface area (Å²) >= 11 is 6.05. The average Bonchev–Trinajstić information content (AvgIpc) is 3.08. The first-order valence-corrected chi connectivity index (χ1v) is 9.15. The summed E-state index contributed by atoms with van der Waals surface area (Å²) in [5.41, 5.74) is 0. The van der Waals surface area contributed by atoms with Crippen LogP contribution in [0.3, 0.4) is 0 Å². The molecule has 0 fully saturated rings. The molecule has 0 unspecified atom stereocenters. The van der Waals surface area contributed by atoms with Gasteiger partial charge in [0.2, 0.25) is 10.0 Å². The van der Waals surface area contributed by atoms with Crippen LogP contribution in [0.4, 0.5) is 0 Å². The first-order valence-electron chi connectivity index (χ1n) is 7.33. The molecule has 2 aromatic rings. The Hall–Kier alpha value is -1.77. The average molecular weight is 374 g/mol. The van der Waals surface area contributed by atoms with Crippen molar-refractivity contribution in [2.24, 2.45) is 0 Å². The van der Waals surface area contributed by atoms with Gasteiger partial charge in [0.25, 0.3) is 0 Å². The number of aromatic nitrogens is 2. The predicted octanol–water partition coefficient (Wildman–Crippen LogP) is 2.26. The van der Waals surface area contributed by atoms with Crippen molar-refractivity contribution in [2.75, 3.05) is 27.3 Å². The van der Waals surface area contributed by atoms with Crippen LogP contribution in [0.1, 0.15) is 6.92 Å². The standard InChI is InChI=1S/C15H20ClN3O4S/c1-4-19(9-8-18-7-5-6-17-18)24(20,21)15-11-13(22-2)12(16)10-14(15)23-3/h5-7,10-11H,4,8-9H2,1-3H3. The molecule has 0 amide bonds. The predicted molar refractivity (Wildman–Crippen MR) is 91.2 cm³/mol. The number of halogens is 1. The van der Waals surface area contributed by atoms with Gasteiger partial charge >= 0.3 is 0 Å². The lowest BCUT2D eigenvalue weighted by Gasteiger charge is -2.22. The van der Waals surface area contributed by atoms with E-state index < -0.39 is 10.0 Å². The number of rotatable bonds is 8. The molecule has 24 heavy (non-hydrogen) atoms. The lowest BCUT2D eigenvalue weighted by Crippen LogP contribution is -2.34. The molecule has 0 aliphatic carbocycles. The Labute approximate surface area is 146 Å². The molecule has 0 radical (unpaired) electrons. The van der Waals surface area contributed by atoms with E-state index >= 15 is 0 Å². The van der Waals surface area contributed by atoms with Gasteiger partial charge in [0, 0.05) is 37.6 Å². The zero-order valence-corrected chi connectivity index (χ0v) is 15.3. The molecular weight excluding hydrogens is 354 g/mol. The number of methoxy groups -OCH3 is 2. The van der Waals surface area contributed by atoms with Crippen molar-refractivity contribution in [3.8, 4) is 11.5 Å². The lowest BCUT2D eigenvalue weighted by molar-refractivity contribution is 0.377. The molecule has 2 rings (SSSR count). The van der Waals surface area contributed by atoms with E-state index in [1.54, 1.807) is 30.1 Å². The Bertz CT molecular complexity index is 778. The molecule has 0 atom stereocenters. The monoisotopic (exact) mass is 373 g/mol. The fourth-order valence-electron chi connectivity index (χ4n) is 2.27. The first kappa shape index (κ1) is 18.6. The minimum Gasteiger partial charge on any atom is -0.495 e. The van der Waals surface area contributed by atoms with Crippen LogP contribution in [0, 0.1) is 0 Å². The van der Waals surface area contributed by atoms with Gasteiger partial charge in [-0.1, -0.05) is 18.5 Å². The highest BCUT2D eigenvalue weighted by Crippen LogP contribution is 2.36. The van der Waals surface area contributed by atoms with Crippen molar-refractivity contribution < 1.29 is 17.9 Å². The second-order valence-electron chi connectivity index (χ2n) is 4.90. The SMILES string of the molecule is CCN(CCn1cccn1)S(=O)(=O)c1cc(OC)c(Cl)cc1OC. The van der Waals surface area contributed by atoms with Crippen LogP contribution in [0.5, 0.6) is 11.5 Å². The van der Waals surface area contributed by atoms with E-state index in [4.69, 9.17) is 21.1 Å². The molecule has 1 heterocycles. The maximum absolute atomic E-state index is 13.0. The second-order valence-corrected chi connectivity index (χ2v) is 7.22. The Balaban J connectivity index is 2.36. The smallest absolute Gasteiger partial charge is 0.246 e. The fourth-order valence-corrected chi connectivity index (χ4v) is 4.09. The van der Waals surface area contributed by atoms with E-state index in [0.717, 1.165) is 0 Å². The van der Waals surface area contributed by atoms with E-state index in [-0.39, 0.29) is 28.0 Å². The van der Waals surface area contributed by atoms with Crippen LogP contribution < -0.4 is 9.47 Å². The molecule has 0 bridgehead atoms. The largest absolute Gasteiger partial charge is 0.495 e. The van der Waals surface area contributed by atoms with Gasteiger partial charge in [-0.2, -0.15) is 9.40 Å². The normalized spacial score (nSPS) is 11.7. The third-order valence-electron chi connectivity index (χ3n) is 3.55. The number of benzene rings is 1. The maximum atomic E-state index is 13.0. The number of likely N-dealkylation sites (N-methyl/N-ethyl adjacent to an activating group) is 1. The molecule has 0 aliphatic heterocycles. The molecule has 0 spiro atoms. The van der Waals surface area contributed by atoms with Gasteiger partial charge in [0.15, 0.2) is 0 Å². The van der Waals surface area contributed by atoms with Crippen LogP contribution in [0.25, 0.3) is 0 Å². The molecule has 0 saturated carbocycles. The summed E-state index contributed by atoms with van der Waals surface area (Å²) in [6.07, 6.45) is 3.43. The quantitative estimate of drug-likeness (QED) is 0.709. The summed E-state index contributed by atoms with van der Waals surface area (Å²) in [7, 11) is -0.938. The summed E-state index contributed by atoms with van der Waals surface area (Å²) in [5, 5.41) is 4.37. The van der Waals surface area contributed by atoms with Gasteiger partial charge in [-0.3, -0.25) is 4.68 Å². The molecule has 9 heteroatoms. The number of hydrogen-bond donors (Lipinski definition) is 0. The van der Waals surface area contributed by atoms with Crippen molar-refractivity contribution in [2.45, 2.75) is 18.4 Å². The van der Waals surface area contributed by atoms with Crippen LogP contribution in [-0.2, 0) is 16.6 Å². The molecule has 0 N–H and O–H groups in total. The molecule has 1 aromatic carbocycles. The molecular formula is C15H20ClN3O4S. The van der Waals surface area contributed by atoms with Crippen LogP contribution in [0.15, 0.2) is 35.5 Å². The van der Waals surface area contributed by atoms with E-state index in [2.05, 4.69) is 5.10 Å². The van der Waals surface area contributed by atoms with Crippen molar-refractivity contribution >= 4 is 21.6 Å². The highest BCUT2D eigenvalue weighted by atomic mass is 35.5. The third-order valence-corrected chi connectivity index (χ3v) is 5.84. The summed E-state index contributed by atoms with van der Waals surface area (Å²) in [4.78, 5) is 0.0218. The minimum atomic E-state index is -3.77. The number of ether oxygens (including phenoxy) is 2. The van der Waals surface area contributed by atoms with Gasteiger partial charge < -0.3 is 9.47 Å². The van der Waals surface area contributed by atoms with E-state index in [9.17, 15) is 8.42 Å². The van der Waals surface area contributed by atoms with Gasteiger partial charge in [-0.25, -0.2) is 8.42 Å². The molecule has 7 nitrogen and oxygen atoms in total. The van der Waals surface area contributed by atoms with Crippen LogP contribution in [0.2, 0.25) is 5.02 Å². The molecule has 132 valence electrons. The van der Waals surface area contributed by atoms with E-state index in [1.807, 2.05) is 0 Å². The maximum Gasteiger partial charge on any atom is 0.246 e. The minimum absolute atomic E-state index is 0.0218. The van der Waals surface area contributed by atoms with Crippen molar-refractivity contribution in [3.63, 3.8) is 0 Å². The summed E-state index contributed by atoms with van der Waals surface area (Å²) in [6, 6.07) is 4.61. The van der Waals surface area contributed by atoms with Crippen molar-refractivity contribution in [3.05, 3.63) is 35.6 Å². The second kappa shape index (κ2) is 7.87. The Morgan fingerprint density at radius 3 is 2.50 bits per heavy atom. The van der Waals surface area contributed by atoms with Gasteiger partial charge in [-0.05, 0) is 6.07 Å². The van der Waals surface area contributed by atoms with Gasteiger partial charge in [0.05, 0.1) is 25.8 Å². The zero-order valence-electron chi connectivity index (χ0n) is 13.8. The number of sulfonamides is 1. The molecule has 0 aliphatic rings. The number of hydrogen-bond acceptors (Lipinski definition) is 5. The van der Waals surface area contributed by atoms with Crippen LogP contribution >= 0.6 is 11.6 Å². The highest BCUT2D eigenvalue weighted by Gasteiger charge is 2.28.